The Morgan fingerprint density at radius 2 is 1.58 bits per heavy atom. The molecule has 2 aromatic carbocycles. The van der Waals surface area contributed by atoms with Crippen molar-refractivity contribution in [2.45, 2.75) is 56.8 Å². The lowest BCUT2D eigenvalue weighted by Gasteiger charge is -2.27. The monoisotopic (exact) mass is 608 g/mol. The highest BCUT2D eigenvalue weighted by Gasteiger charge is 2.49. The number of nitrogens with two attached hydrogens (primary N) is 1. The predicted molar refractivity (Wildman–Crippen MR) is 137 cm³/mol. The predicted octanol–water partition coefficient (Wildman–Crippen LogP) is 5.08. The molecule has 3 aromatic rings. The van der Waals surface area contributed by atoms with Crippen LogP contribution in [-0.4, -0.2) is 43.7 Å². The van der Waals surface area contributed by atoms with Crippen LogP contribution in [0.15, 0.2) is 59.9 Å². The summed E-state index contributed by atoms with van der Waals surface area (Å²) in [6.45, 7) is -0.532. The van der Waals surface area contributed by atoms with Gasteiger partial charge in [-0.1, -0.05) is 18.2 Å². The standard InChI is InChI=1S/C28H23F7N6O2/c29-18-5-3-17(4-6-18)26(8-1-9-27(30,31)32)24(43)41(25(36)39-26)13-16-2-7-20(28(33,34)35)19(12-16)23(42)40-14-21-22(15-40)38-11-10-37-21/h2-7,10-12H,1,8-9,13-15H2,(H2,36,39)/t26-/m1/s1. The minimum absolute atomic E-state index is 0.0497. The number of guanidine groups is 1. The number of halogens is 7. The number of hydrogen-bond donors (Lipinski definition) is 1. The molecular weight excluding hydrogens is 585 g/mol. The molecule has 8 nitrogen and oxygen atoms in total. The number of nitrogens with zero attached hydrogens (tertiary/aromatic N) is 5. The van der Waals surface area contributed by atoms with Crippen LogP contribution < -0.4 is 5.73 Å². The number of hydrogen-bond acceptors (Lipinski definition) is 6. The van der Waals surface area contributed by atoms with Crippen molar-refractivity contribution < 1.29 is 40.3 Å². The van der Waals surface area contributed by atoms with Crippen LogP contribution in [0.25, 0.3) is 0 Å². The van der Waals surface area contributed by atoms with Gasteiger partial charge < -0.3 is 10.6 Å². The molecule has 0 unspecified atom stereocenters. The molecule has 1 aromatic heterocycles. The van der Waals surface area contributed by atoms with Gasteiger partial charge in [0.2, 0.25) is 0 Å². The van der Waals surface area contributed by atoms with Crippen molar-refractivity contribution in [3.05, 3.63) is 94.3 Å². The molecule has 2 aliphatic rings. The lowest BCUT2D eigenvalue weighted by atomic mass is 9.84. The molecular formula is C28H23F7N6O2. The summed E-state index contributed by atoms with van der Waals surface area (Å²) in [4.78, 5) is 41.6. The van der Waals surface area contributed by atoms with Gasteiger partial charge in [-0.3, -0.25) is 24.5 Å². The quantitative estimate of drug-likeness (QED) is 0.377. The van der Waals surface area contributed by atoms with Crippen LogP contribution in [0.1, 0.15) is 57.7 Å². The van der Waals surface area contributed by atoms with Gasteiger partial charge in [-0.25, -0.2) is 9.38 Å². The molecule has 0 radical (unpaired) electrons. The molecule has 15 heteroatoms. The molecule has 0 bridgehead atoms. The van der Waals surface area contributed by atoms with Crippen molar-refractivity contribution in [1.29, 1.82) is 0 Å². The van der Waals surface area contributed by atoms with Gasteiger partial charge in [0.1, 0.15) is 5.82 Å². The van der Waals surface area contributed by atoms with Crippen molar-refractivity contribution >= 4 is 17.8 Å². The molecule has 43 heavy (non-hydrogen) atoms. The summed E-state index contributed by atoms with van der Waals surface area (Å²) in [5.41, 5.74) is 3.37. The van der Waals surface area contributed by atoms with Crippen molar-refractivity contribution in [2.24, 2.45) is 10.7 Å². The number of benzene rings is 2. The van der Waals surface area contributed by atoms with E-state index in [9.17, 15) is 40.3 Å². The summed E-state index contributed by atoms with van der Waals surface area (Å²) in [7, 11) is 0. The zero-order valence-corrected chi connectivity index (χ0v) is 22.2. The summed E-state index contributed by atoms with van der Waals surface area (Å²) < 4.78 is 94.2. The van der Waals surface area contributed by atoms with Gasteiger partial charge in [-0.05, 0) is 48.2 Å². The summed E-state index contributed by atoms with van der Waals surface area (Å²) >= 11 is 0. The lowest BCUT2D eigenvalue weighted by molar-refractivity contribution is -0.139. The summed E-state index contributed by atoms with van der Waals surface area (Å²) in [5, 5.41) is 0. The number of fused-ring (bicyclic) bond motifs is 1. The van der Waals surface area contributed by atoms with Gasteiger partial charge in [-0.15, -0.1) is 0 Å². The van der Waals surface area contributed by atoms with E-state index in [-0.39, 0.29) is 30.2 Å². The van der Waals surface area contributed by atoms with Crippen LogP contribution in [0.3, 0.4) is 0 Å². The summed E-state index contributed by atoms with van der Waals surface area (Å²) in [5.74, 6) is -2.81. The number of alkyl halides is 6. The van der Waals surface area contributed by atoms with Crippen molar-refractivity contribution in [2.75, 3.05) is 0 Å². The Labute approximate surface area is 240 Å². The van der Waals surface area contributed by atoms with E-state index in [0.29, 0.717) is 17.5 Å². The number of rotatable bonds is 7. The molecule has 0 fully saturated rings. The molecule has 5 rings (SSSR count). The summed E-state index contributed by atoms with van der Waals surface area (Å²) in [6.07, 6.45) is -8.71. The average Bonchev–Trinajstić information content (AvgIpc) is 3.47. The molecule has 0 aliphatic carbocycles. The second-order valence-corrected chi connectivity index (χ2v) is 10.2. The Morgan fingerprint density at radius 3 is 2.16 bits per heavy atom. The van der Waals surface area contributed by atoms with E-state index in [1.165, 1.54) is 24.5 Å². The van der Waals surface area contributed by atoms with Crippen LogP contribution >= 0.6 is 0 Å². The minimum Gasteiger partial charge on any atom is -0.369 e. The first kappa shape index (κ1) is 29.9. The zero-order chi connectivity index (χ0) is 31.2. The minimum atomic E-state index is -4.88. The number of carbonyl (C=O) groups excluding carboxylic acids is 2. The fourth-order valence-corrected chi connectivity index (χ4v) is 5.24. The highest BCUT2D eigenvalue weighted by Crippen LogP contribution is 2.40. The van der Waals surface area contributed by atoms with E-state index >= 15 is 0 Å². The Morgan fingerprint density at radius 1 is 0.953 bits per heavy atom. The van der Waals surface area contributed by atoms with E-state index in [0.717, 1.165) is 34.1 Å². The third kappa shape index (κ3) is 6.01. The lowest BCUT2D eigenvalue weighted by Crippen LogP contribution is -2.42. The SMILES string of the molecule is NC1=N[C@](CCCC(F)(F)F)(c2ccc(F)cc2)C(=O)N1Cc1ccc(C(F)(F)F)c(C(=O)N2Cc3nccnc3C2)c1. The maximum absolute atomic E-state index is 13.9. The molecule has 1 atom stereocenters. The Balaban J connectivity index is 1.45. The highest BCUT2D eigenvalue weighted by atomic mass is 19.4. The third-order valence-corrected chi connectivity index (χ3v) is 7.29. The fourth-order valence-electron chi connectivity index (χ4n) is 5.24. The van der Waals surface area contributed by atoms with Crippen LogP contribution in [0.5, 0.6) is 0 Å². The van der Waals surface area contributed by atoms with Crippen molar-refractivity contribution in [1.82, 2.24) is 19.8 Å². The van der Waals surface area contributed by atoms with E-state index in [2.05, 4.69) is 15.0 Å². The van der Waals surface area contributed by atoms with Crippen LogP contribution in [0.2, 0.25) is 0 Å². The van der Waals surface area contributed by atoms with E-state index in [4.69, 9.17) is 5.73 Å². The normalized spacial score (nSPS) is 18.7. The first-order chi connectivity index (χ1) is 20.2. The van der Waals surface area contributed by atoms with Crippen molar-refractivity contribution in [3.8, 4) is 0 Å². The number of amides is 2. The van der Waals surface area contributed by atoms with E-state index in [1.807, 2.05) is 0 Å². The number of aliphatic imine (C=N–C) groups is 1. The molecule has 0 spiro atoms. The van der Waals surface area contributed by atoms with Crippen molar-refractivity contribution in [3.63, 3.8) is 0 Å². The second kappa shape index (κ2) is 10.9. The fraction of sp³-hybridized carbons (Fsp3) is 0.321. The third-order valence-electron chi connectivity index (χ3n) is 7.29. The largest absolute Gasteiger partial charge is 0.417 e. The number of carbonyl (C=O) groups is 2. The van der Waals surface area contributed by atoms with Crippen LogP contribution in [0, 0.1) is 5.82 Å². The Kier molecular flexibility index (Phi) is 7.60. The smallest absolute Gasteiger partial charge is 0.369 e. The van der Waals surface area contributed by atoms with Crippen LogP contribution in [-0.2, 0) is 36.1 Å². The molecule has 0 saturated heterocycles. The molecule has 0 saturated carbocycles. The van der Waals surface area contributed by atoms with Gasteiger partial charge in [0.05, 0.1) is 42.1 Å². The topological polar surface area (TPSA) is 105 Å². The first-order valence-electron chi connectivity index (χ1n) is 13.0. The maximum Gasteiger partial charge on any atom is 0.417 e. The van der Waals surface area contributed by atoms with Gasteiger partial charge >= 0.3 is 12.4 Å². The number of aromatic nitrogens is 2. The van der Waals surface area contributed by atoms with E-state index in [1.54, 1.807) is 0 Å². The van der Waals surface area contributed by atoms with Gasteiger partial charge in [0.25, 0.3) is 11.8 Å². The second-order valence-electron chi connectivity index (χ2n) is 10.2. The van der Waals surface area contributed by atoms with Gasteiger partial charge in [0.15, 0.2) is 11.5 Å². The molecule has 2 amide bonds. The molecule has 226 valence electrons. The average molecular weight is 609 g/mol. The Bertz CT molecular complexity index is 1560. The first-order valence-corrected chi connectivity index (χ1v) is 13.0. The highest BCUT2D eigenvalue weighted by molar-refractivity contribution is 6.07. The van der Waals surface area contributed by atoms with Gasteiger partial charge in [0, 0.05) is 18.8 Å². The van der Waals surface area contributed by atoms with Crippen LogP contribution in [0.4, 0.5) is 30.7 Å². The van der Waals surface area contributed by atoms with E-state index < -0.39 is 72.5 Å². The maximum atomic E-state index is 13.9. The summed E-state index contributed by atoms with van der Waals surface area (Å²) in [6, 6.07) is 7.27. The molecule has 2 N–H and O–H groups in total. The zero-order valence-electron chi connectivity index (χ0n) is 22.2. The molecule has 3 heterocycles. The van der Waals surface area contributed by atoms with Gasteiger partial charge in [-0.2, -0.15) is 26.3 Å². The Hall–Kier alpha value is -4.56. The molecule has 2 aliphatic heterocycles.